The van der Waals surface area contributed by atoms with E-state index in [0.717, 1.165) is 16.0 Å². The van der Waals surface area contributed by atoms with Crippen LogP contribution in [0.4, 0.5) is 11.4 Å². The normalized spacial score (nSPS) is 14.5. The molecular formula is C27H22N2O7. The van der Waals surface area contributed by atoms with Crippen LogP contribution in [0.15, 0.2) is 54.6 Å². The van der Waals surface area contributed by atoms with E-state index in [2.05, 4.69) is 5.32 Å². The molecule has 0 radical (unpaired) electrons. The number of hydrogen-bond acceptors (Lipinski definition) is 7. The Kier molecular flexibility index (Phi) is 5.68. The van der Waals surface area contributed by atoms with Crippen LogP contribution in [0.2, 0.25) is 0 Å². The van der Waals surface area contributed by atoms with E-state index in [-0.39, 0.29) is 23.5 Å². The number of anilines is 2. The molecule has 0 aliphatic carbocycles. The molecule has 2 aliphatic rings. The van der Waals surface area contributed by atoms with E-state index in [0.29, 0.717) is 22.9 Å². The molecule has 1 atom stereocenters. The van der Waals surface area contributed by atoms with Crippen molar-refractivity contribution in [2.45, 2.75) is 26.9 Å². The average Bonchev–Trinajstić information content (AvgIpc) is 3.42. The molecular weight excluding hydrogens is 464 g/mol. The molecule has 3 amide bonds. The van der Waals surface area contributed by atoms with Crippen molar-refractivity contribution < 1.29 is 33.4 Å². The molecule has 0 aromatic heterocycles. The number of ether oxygens (including phenoxy) is 3. The second-order valence-electron chi connectivity index (χ2n) is 8.60. The first kappa shape index (κ1) is 23.1. The van der Waals surface area contributed by atoms with Crippen LogP contribution in [0.3, 0.4) is 0 Å². The Morgan fingerprint density at radius 3 is 2.47 bits per heavy atom. The topological polar surface area (TPSA) is 111 Å². The predicted molar refractivity (Wildman–Crippen MR) is 130 cm³/mol. The first-order valence-corrected chi connectivity index (χ1v) is 11.2. The number of carbonyl (C=O) groups is 4. The van der Waals surface area contributed by atoms with Gasteiger partial charge in [0, 0.05) is 11.8 Å². The Bertz CT molecular complexity index is 1450. The molecule has 2 aliphatic heterocycles. The number of aryl methyl sites for hydroxylation is 2. The van der Waals surface area contributed by atoms with Crippen molar-refractivity contribution in [1.82, 2.24) is 0 Å². The largest absolute Gasteiger partial charge is 0.454 e. The van der Waals surface area contributed by atoms with E-state index >= 15 is 0 Å². The minimum absolute atomic E-state index is 0.0560. The number of benzene rings is 3. The molecule has 9 heteroatoms. The Labute approximate surface area is 206 Å². The quantitative estimate of drug-likeness (QED) is 0.428. The van der Waals surface area contributed by atoms with Crippen LogP contribution < -0.4 is 19.7 Å². The second kappa shape index (κ2) is 8.84. The summed E-state index contributed by atoms with van der Waals surface area (Å²) in [4.78, 5) is 52.5. The molecule has 0 saturated carbocycles. The lowest BCUT2D eigenvalue weighted by Crippen LogP contribution is -2.30. The van der Waals surface area contributed by atoms with Crippen molar-refractivity contribution in [2.75, 3.05) is 17.0 Å². The lowest BCUT2D eigenvalue weighted by atomic mass is 10.1. The van der Waals surface area contributed by atoms with Crippen molar-refractivity contribution in [2.24, 2.45) is 0 Å². The van der Waals surface area contributed by atoms with Gasteiger partial charge >= 0.3 is 5.97 Å². The number of carbonyl (C=O) groups excluding carboxylic acids is 4. The lowest BCUT2D eigenvalue weighted by molar-refractivity contribution is -0.123. The highest BCUT2D eigenvalue weighted by Crippen LogP contribution is 2.34. The molecule has 0 spiro atoms. The number of imide groups is 1. The molecule has 9 nitrogen and oxygen atoms in total. The van der Waals surface area contributed by atoms with Crippen molar-refractivity contribution in [3.63, 3.8) is 0 Å². The van der Waals surface area contributed by atoms with Gasteiger partial charge in [-0.15, -0.1) is 0 Å². The van der Waals surface area contributed by atoms with Gasteiger partial charge in [0.1, 0.15) is 0 Å². The summed E-state index contributed by atoms with van der Waals surface area (Å²) in [6.07, 6.45) is -1.13. The van der Waals surface area contributed by atoms with Crippen molar-refractivity contribution in [3.8, 4) is 11.5 Å². The van der Waals surface area contributed by atoms with E-state index in [1.54, 1.807) is 24.3 Å². The number of nitrogens with one attached hydrogen (secondary N) is 1. The smallest absolute Gasteiger partial charge is 0.338 e. The summed E-state index contributed by atoms with van der Waals surface area (Å²) in [5, 5.41) is 2.66. The van der Waals surface area contributed by atoms with Crippen LogP contribution in [0.25, 0.3) is 0 Å². The Morgan fingerprint density at radius 1 is 0.917 bits per heavy atom. The number of nitrogens with zero attached hydrogens (tertiary/aromatic N) is 1. The first-order chi connectivity index (χ1) is 17.2. The maximum absolute atomic E-state index is 13.1. The van der Waals surface area contributed by atoms with Gasteiger partial charge in [0.05, 0.1) is 22.4 Å². The molecule has 0 unspecified atom stereocenters. The van der Waals surface area contributed by atoms with Gasteiger partial charge in [0.2, 0.25) is 6.79 Å². The highest BCUT2D eigenvalue weighted by Gasteiger charge is 2.38. The standard InChI is InChI=1S/C27H22N2O7/c1-14-4-5-15(2)21(10-14)29-25(31)19-8-6-17(11-20(19)26(29)32)27(33)36-16(3)24(30)28-18-7-9-22-23(12-18)35-13-34-22/h4-12,16H,13H2,1-3H3,(H,28,30)/t16-/m1/s1. The minimum atomic E-state index is -1.13. The second-order valence-corrected chi connectivity index (χ2v) is 8.60. The van der Waals surface area contributed by atoms with Crippen molar-refractivity contribution >= 4 is 35.1 Å². The van der Waals surface area contributed by atoms with Crippen LogP contribution in [0.1, 0.15) is 49.1 Å². The van der Waals surface area contributed by atoms with E-state index in [9.17, 15) is 19.2 Å². The summed E-state index contributed by atoms with van der Waals surface area (Å²) < 4.78 is 15.8. The molecule has 3 aromatic carbocycles. The zero-order valence-electron chi connectivity index (χ0n) is 19.8. The van der Waals surface area contributed by atoms with Gasteiger partial charge in [-0.25, -0.2) is 9.69 Å². The minimum Gasteiger partial charge on any atom is -0.454 e. The number of amides is 3. The monoisotopic (exact) mass is 486 g/mol. The maximum atomic E-state index is 13.1. The van der Waals surface area contributed by atoms with E-state index < -0.39 is 29.8 Å². The van der Waals surface area contributed by atoms with E-state index in [4.69, 9.17) is 14.2 Å². The molecule has 5 rings (SSSR count). The fourth-order valence-electron chi connectivity index (χ4n) is 4.05. The fraction of sp³-hybridized carbons (Fsp3) is 0.185. The maximum Gasteiger partial charge on any atom is 0.338 e. The molecule has 0 bridgehead atoms. The summed E-state index contributed by atoms with van der Waals surface area (Å²) in [5.74, 6) is -1.24. The lowest BCUT2D eigenvalue weighted by Gasteiger charge is -2.17. The van der Waals surface area contributed by atoms with Crippen LogP contribution in [0.5, 0.6) is 11.5 Å². The molecule has 2 heterocycles. The Hall–Kier alpha value is -4.66. The summed E-state index contributed by atoms with van der Waals surface area (Å²) in [6.45, 7) is 5.23. The van der Waals surface area contributed by atoms with Gasteiger partial charge in [-0.3, -0.25) is 14.4 Å². The molecule has 182 valence electrons. The van der Waals surface area contributed by atoms with Crippen LogP contribution in [0, 0.1) is 13.8 Å². The van der Waals surface area contributed by atoms with Crippen molar-refractivity contribution in [1.29, 1.82) is 0 Å². The number of hydrogen-bond donors (Lipinski definition) is 1. The molecule has 1 N–H and O–H groups in total. The highest BCUT2D eigenvalue weighted by atomic mass is 16.7. The zero-order valence-corrected chi connectivity index (χ0v) is 19.8. The van der Waals surface area contributed by atoms with E-state index in [1.807, 2.05) is 26.0 Å². The molecule has 0 fully saturated rings. The van der Waals surface area contributed by atoms with Crippen LogP contribution in [-0.4, -0.2) is 36.6 Å². The van der Waals surface area contributed by atoms with Gasteiger partial charge in [-0.2, -0.15) is 0 Å². The highest BCUT2D eigenvalue weighted by molar-refractivity contribution is 6.35. The first-order valence-electron chi connectivity index (χ1n) is 11.2. The zero-order chi connectivity index (χ0) is 25.6. The third kappa shape index (κ3) is 4.04. The van der Waals surface area contributed by atoms with Gasteiger partial charge in [-0.1, -0.05) is 12.1 Å². The van der Waals surface area contributed by atoms with Crippen molar-refractivity contribution in [3.05, 3.63) is 82.4 Å². The summed E-state index contributed by atoms with van der Waals surface area (Å²) in [7, 11) is 0. The Morgan fingerprint density at radius 2 is 1.67 bits per heavy atom. The average molecular weight is 486 g/mol. The van der Waals surface area contributed by atoms with Gasteiger partial charge in [0.15, 0.2) is 17.6 Å². The summed E-state index contributed by atoms with van der Waals surface area (Å²) >= 11 is 0. The Balaban J connectivity index is 1.30. The van der Waals surface area contributed by atoms with E-state index in [1.165, 1.54) is 25.1 Å². The number of rotatable bonds is 5. The third-order valence-corrected chi connectivity index (χ3v) is 6.02. The van der Waals surface area contributed by atoms with Gasteiger partial charge < -0.3 is 19.5 Å². The summed E-state index contributed by atoms with van der Waals surface area (Å²) in [6, 6.07) is 14.6. The predicted octanol–water partition coefficient (Wildman–Crippen LogP) is 4.02. The van der Waals surface area contributed by atoms with Gasteiger partial charge in [-0.05, 0) is 68.3 Å². The molecule has 3 aromatic rings. The number of fused-ring (bicyclic) bond motifs is 2. The van der Waals surface area contributed by atoms with Gasteiger partial charge in [0.25, 0.3) is 17.7 Å². The molecule has 36 heavy (non-hydrogen) atoms. The molecule has 0 saturated heterocycles. The summed E-state index contributed by atoms with van der Waals surface area (Å²) in [5.41, 5.74) is 3.00. The van der Waals surface area contributed by atoms with Crippen LogP contribution in [-0.2, 0) is 9.53 Å². The SMILES string of the molecule is Cc1ccc(C)c(N2C(=O)c3ccc(C(=O)O[C@H](C)C(=O)Nc4ccc5c(c4)OCO5)cc3C2=O)c1. The number of esters is 1. The third-order valence-electron chi connectivity index (χ3n) is 6.02. The fourth-order valence-corrected chi connectivity index (χ4v) is 4.05. The van der Waals surface area contributed by atoms with Crippen LogP contribution >= 0.6 is 0 Å².